The molecule has 15 heavy (non-hydrogen) atoms. The molecule has 0 aliphatic rings. The van der Waals surface area contributed by atoms with Crippen LogP contribution in [0.15, 0.2) is 24.3 Å². The quantitative estimate of drug-likeness (QED) is 0.589. The molecule has 0 saturated heterocycles. The first-order chi connectivity index (χ1) is 7.18. The minimum Gasteiger partial charge on any atom is -0.465 e. The summed E-state index contributed by atoms with van der Waals surface area (Å²) in [5.74, 6) is -0.230. The summed E-state index contributed by atoms with van der Waals surface area (Å²) in [6, 6.07) is 8.36. The maximum absolute atomic E-state index is 10.5. The molecule has 0 aliphatic carbocycles. The van der Waals surface area contributed by atoms with Crippen molar-refractivity contribution in [2.45, 2.75) is 20.4 Å². The number of ether oxygens (including phenoxy) is 1. The van der Waals surface area contributed by atoms with Gasteiger partial charge in [-0.05, 0) is 12.5 Å². The van der Waals surface area contributed by atoms with Gasteiger partial charge in [-0.3, -0.25) is 4.79 Å². The zero-order valence-corrected chi connectivity index (χ0v) is 9.25. The number of carbonyl (C=O) groups excluding carboxylic acids is 1. The van der Waals surface area contributed by atoms with Crippen molar-refractivity contribution in [2.24, 2.45) is 0 Å². The number of esters is 1. The summed E-state index contributed by atoms with van der Waals surface area (Å²) in [5, 5.41) is 3.20. The Morgan fingerprint density at radius 2 is 2.00 bits per heavy atom. The van der Waals surface area contributed by atoms with E-state index in [9.17, 15) is 4.79 Å². The standard InChI is InChI=1S/C12H17NO2/c1-10-3-5-12(6-4-10)9-13-7-8-15-11(2)14/h3-6,13H,7-9H2,1-2H3. The lowest BCUT2D eigenvalue weighted by molar-refractivity contribution is -0.140. The molecule has 0 spiro atoms. The van der Waals surface area contributed by atoms with E-state index in [1.165, 1.54) is 18.1 Å². The smallest absolute Gasteiger partial charge is 0.302 e. The van der Waals surface area contributed by atoms with Gasteiger partial charge in [0.1, 0.15) is 6.61 Å². The first-order valence-corrected chi connectivity index (χ1v) is 5.08. The Morgan fingerprint density at radius 1 is 1.33 bits per heavy atom. The maximum atomic E-state index is 10.5. The van der Waals surface area contributed by atoms with Gasteiger partial charge in [-0.1, -0.05) is 29.8 Å². The van der Waals surface area contributed by atoms with Crippen molar-refractivity contribution in [3.8, 4) is 0 Å². The highest BCUT2D eigenvalue weighted by Crippen LogP contribution is 2.01. The summed E-state index contributed by atoms with van der Waals surface area (Å²) in [5.41, 5.74) is 2.50. The normalized spacial score (nSPS) is 10.0. The topological polar surface area (TPSA) is 38.3 Å². The minimum absolute atomic E-state index is 0.230. The molecule has 0 aromatic heterocycles. The van der Waals surface area contributed by atoms with Gasteiger partial charge in [0, 0.05) is 20.0 Å². The fraction of sp³-hybridized carbons (Fsp3) is 0.417. The molecule has 0 amide bonds. The molecule has 0 radical (unpaired) electrons. The second-order valence-electron chi connectivity index (χ2n) is 3.50. The number of hydrogen-bond donors (Lipinski definition) is 1. The van der Waals surface area contributed by atoms with Gasteiger partial charge >= 0.3 is 5.97 Å². The highest BCUT2D eigenvalue weighted by atomic mass is 16.5. The highest BCUT2D eigenvalue weighted by Gasteiger charge is 1.94. The average molecular weight is 207 g/mol. The van der Waals surface area contributed by atoms with Gasteiger partial charge in [0.05, 0.1) is 0 Å². The van der Waals surface area contributed by atoms with Gasteiger partial charge in [0.15, 0.2) is 0 Å². The van der Waals surface area contributed by atoms with Gasteiger partial charge in [0.25, 0.3) is 0 Å². The van der Waals surface area contributed by atoms with Crippen molar-refractivity contribution in [1.29, 1.82) is 0 Å². The number of rotatable bonds is 5. The predicted octanol–water partition coefficient (Wildman–Crippen LogP) is 1.65. The van der Waals surface area contributed by atoms with E-state index in [0.717, 1.165) is 6.54 Å². The van der Waals surface area contributed by atoms with Crippen LogP contribution in [0.4, 0.5) is 0 Å². The van der Waals surface area contributed by atoms with E-state index in [2.05, 4.69) is 36.5 Å². The number of hydrogen-bond acceptors (Lipinski definition) is 3. The fourth-order valence-electron chi connectivity index (χ4n) is 1.21. The Balaban J connectivity index is 2.15. The van der Waals surface area contributed by atoms with Crippen molar-refractivity contribution < 1.29 is 9.53 Å². The average Bonchev–Trinajstić information content (AvgIpc) is 2.20. The summed E-state index contributed by atoms with van der Waals surface area (Å²) >= 11 is 0. The predicted molar refractivity (Wildman–Crippen MR) is 59.5 cm³/mol. The van der Waals surface area contributed by atoms with Gasteiger partial charge in [-0.2, -0.15) is 0 Å². The lowest BCUT2D eigenvalue weighted by atomic mass is 10.1. The van der Waals surface area contributed by atoms with Crippen molar-refractivity contribution in [3.05, 3.63) is 35.4 Å². The largest absolute Gasteiger partial charge is 0.465 e. The first kappa shape index (κ1) is 11.7. The summed E-state index contributed by atoms with van der Waals surface area (Å²) < 4.78 is 4.80. The minimum atomic E-state index is -0.230. The van der Waals surface area contributed by atoms with Crippen molar-refractivity contribution in [2.75, 3.05) is 13.2 Å². The molecule has 0 fully saturated rings. The van der Waals surface area contributed by atoms with E-state index < -0.39 is 0 Å². The Kier molecular flexibility index (Phi) is 4.84. The SMILES string of the molecule is CC(=O)OCCNCc1ccc(C)cc1. The van der Waals surface area contributed by atoms with Crippen LogP contribution in [-0.4, -0.2) is 19.1 Å². The summed E-state index contributed by atoms with van der Waals surface area (Å²) in [6.07, 6.45) is 0. The summed E-state index contributed by atoms with van der Waals surface area (Å²) in [6.45, 7) is 5.41. The molecular weight excluding hydrogens is 190 g/mol. The van der Waals surface area contributed by atoms with E-state index >= 15 is 0 Å². The van der Waals surface area contributed by atoms with Crippen molar-refractivity contribution in [3.63, 3.8) is 0 Å². The molecule has 1 N–H and O–H groups in total. The zero-order chi connectivity index (χ0) is 11.1. The van der Waals surface area contributed by atoms with E-state index in [0.29, 0.717) is 13.2 Å². The Morgan fingerprint density at radius 3 is 2.60 bits per heavy atom. The van der Waals surface area contributed by atoms with Crippen LogP contribution >= 0.6 is 0 Å². The first-order valence-electron chi connectivity index (χ1n) is 5.08. The van der Waals surface area contributed by atoms with Gasteiger partial charge in [-0.25, -0.2) is 0 Å². The molecule has 1 rings (SSSR count). The third kappa shape index (κ3) is 5.18. The van der Waals surface area contributed by atoms with Gasteiger partial charge in [0.2, 0.25) is 0 Å². The lowest BCUT2D eigenvalue weighted by Crippen LogP contribution is -2.20. The third-order valence-corrected chi connectivity index (χ3v) is 2.03. The molecule has 1 aromatic rings. The van der Waals surface area contributed by atoms with Crippen molar-refractivity contribution in [1.82, 2.24) is 5.32 Å². The number of nitrogens with one attached hydrogen (secondary N) is 1. The molecule has 0 heterocycles. The second-order valence-corrected chi connectivity index (χ2v) is 3.50. The van der Waals surface area contributed by atoms with Crippen LogP contribution in [0.2, 0.25) is 0 Å². The molecule has 82 valence electrons. The molecule has 1 aromatic carbocycles. The monoisotopic (exact) mass is 207 g/mol. The Hall–Kier alpha value is -1.35. The molecule has 0 unspecified atom stereocenters. The molecule has 0 bridgehead atoms. The molecule has 0 saturated carbocycles. The van der Waals surface area contributed by atoms with Crippen LogP contribution in [0.5, 0.6) is 0 Å². The zero-order valence-electron chi connectivity index (χ0n) is 9.25. The fourth-order valence-corrected chi connectivity index (χ4v) is 1.21. The summed E-state index contributed by atoms with van der Waals surface area (Å²) in [7, 11) is 0. The number of benzene rings is 1. The Labute approximate surface area is 90.4 Å². The molecular formula is C12H17NO2. The van der Waals surface area contributed by atoms with Crippen LogP contribution in [-0.2, 0) is 16.1 Å². The highest BCUT2D eigenvalue weighted by molar-refractivity contribution is 5.65. The molecule has 3 heteroatoms. The molecule has 0 aliphatic heterocycles. The van der Waals surface area contributed by atoms with E-state index in [-0.39, 0.29) is 5.97 Å². The summed E-state index contributed by atoms with van der Waals surface area (Å²) in [4.78, 5) is 10.5. The van der Waals surface area contributed by atoms with Gasteiger partial charge in [-0.15, -0.1) is 0 Å². The number of aryl methyl sites for hydroxylation is 1. The maximum Gasteiger partial charge on any atom is 0.302 e. The van der Waals surface area contributed by atoms with Gasteiger partial charge < -0.3 is 10.1 Å². The van der Waals surface area contributed by atoms with Crippen LogP contribution in [0, 0.1) is 6.92 Å². The van der Waals surface area contributed by atoms with E-state index in [1.54, 1.807) is 0 Å². The Bertz CT molecular complexity index is 306. The molecule has 3 nitrogen and oxygen atoms in total. The van der Waals surface area contributed by atoms with Crippen LogP contribution in [0.25, 0.3) is 0 Å². The molecule has 0 atom stereocenters. The van der Waals surface area contributed by atoms with Crippen molar-refractivity contribution >= 4 is 5.97 Å². The van der Waals surface area contributed by atoms with E-state index in [1.807, 2.05) is 0 Å². The van der Waals surface area contributed by atoms with Crippen LogP contribution in [0.1, 0.15) is 18.1 Å². The second kappa shape index (κ2) is 6.19. The van der Waals surface area contributed by atoms with Crippen LogP contribution < -0.4 is 5.32 Å². The number of carbonyl (C=O) groups is 1. The van der Waals surface area contributed by atoms with E-state index in [4.69, 9.17) is 4.74 Å². The van der Waals surface area contributed by atoms with Crippen LogP contribution in [0.3, 0.4) is 0 Å². The lowest BCUT2D eigenvalue weighted by Gasteiger charge is -2.05. The third-order valence-electron chi connectivity index (χ3n) is 2.03.